The number of rotatable bonds is 1. The minimum absolute atomic E-state index is 0.0254. The van der Waals surface area contributed by atoms with Crippen LogP contribution in [0.3, 0.4) is 0 Å². The number of nitrogens with two attached hydrogens (primary N) is 1. The van der Waals surface area contributed by atoms with E-state index < -0.39 is 17.5 Å². The Hall–Kier alpha value is -2.17. The van der Waals surface area contributed by atoms with Gasteiger partial charge in [0.25, 0.3) is 0 Å². The Kier molecular flexibility index (Phi) is 2.62. The number of hydrogen-bond acceptors (Lipinski definition) is 2. The van der Waals surface area contributed by atoms with E-state index in [1.165, 1.54) is 17.0 Å². The summed E-state index contributed by atoms with van der Waals surface area (Å²) in [5, 5.41) is 0. The maximum Gasteiger partial charge on any atom is 0.151 e. The minimum Gasteiger partial charge on any atom is -0.399 e. The number of nitrogen functional groups attached to an aromatic ring is 1. The third kappa shape index (κ3) is 1.91. The minimum atomic E-state index is -0.741. The zero-order valence-electron chi connectivity index (χ0n) is 9.96. The first-order chi connectivity index (χ1) is 9.06. The van der Waals surface area contributed by atoms with Crippen molar-refractivity contribution in [3.8, 4) is 0 Å². The van der Waals surface area contributed by atoms with Crippen LogP contribution < -0.4 is 10.6 Å². The van der Waals surface area contributed by atoms with E-state index in [0.29, 0.717) is 18.7 Å². The fraction of sp³-hybridized carbons (Fsp3) is 0.143. The molecular formula is C14H11F3N2. The maximum absolute atomic E-state index is 13.9. The molecule has 0 spiro atoms. The molecule has 0 aliphatic carbocycles. The van der Waals surface area contributed by atoms with Gasteiger partial charge in [0.1, 0.15) is 11.5 Å². The number of hydrogen-bond donors (Lipinski definition) is 1. The topological polar surface area (TPSA) is 29.3 Å². The normalized spacial score (nSPS) is 13.7. The highest BCUT2D eigenvalue weighted by atomic mass is 19.1. The Morgan fingerprint density at radius 2 is 1.68 bits per heavy atom. The van der Waals surface area contributed by atoms with E-state index in [1.807, 2.05) is 0 Å². The van der Waals surface area contributed by atoms with Gasteiger partial charge in [-0.25, -0.2) is 13.2 Å². The SMILES string of the molecule is Nc1cc(F)c(N2CCc3ccc(F)cc32)c(F)c1. The van der Waals surface area contributed by atoms with E-state index in [4.69, 9.17) is 5.73 Å². The number of fused-ring (bicyclic) bond motifs is 1. The first-order valence-electron chi connectivity index (χ1n) is 5.87. The van der Waals surface area contributed by atoms with Gasteiger partial charge in [-0.3, -0.25) is 0 Å². The highest BCUT2D eigenvalue weighted by Crippen LogP contribution is 2.38. The summed E-state index contributed by atoms with van der Waals surface area (Å²) in [6.45, 7) is 0.413. The second kappa shape index (κ2) is 4.19. The van der Waals surface area contributed by atoms with Gasteiger partial charge in [0.2, 0.25) is 0 Å². The fourth-order valence-electron chi connectivity index (χ4n) is 2.43. The molecule has 2 nitrogen and oxygen atoms in total. The van der Waals surface area contributed by atoms with E-state index in [-0.39, 0.29) is 11.4 Å². The second-order valence-corrected chi connectivity index (χ2v) is 4.51. The average molecular weight is 264 g/mol. The van der Waals surface area contributed by atoms with Crippen molar-refractivity contribution < 1.29 is 13.2 Å². The standard InChI is InChI=1S/C14H11F3N2/c15-9-2-1-8-3-4-19(13(8)5-9)14-11(16)6-10(18)7-12(14)17/h1-2,5-7H,3-4,18H2. The van der Waals surface area contributed by atoms with Crippen LogP contribution in [-0.4, -0.2) is 6.54 Å². The van der Waals surface area contributed by atoms with E-state index in [2.05, 4.69) is 0 Å². The molecule has 0 atom stereocenters. The molecule has 0 saturated heterocycles. The Morgan fingerprint density at radius 1 is 1.00 bits per heavy atom. The third-order valence-electron chi connectivity index (χ3n) is 3.25. The lowest BCUT2D eigenvalue weighted by molar-refractivity contribution is 0.582. The first-order valence-corrected chi connectivity index (χ1v) is 5.87. The Labute approximate surface area is 108 Å². The van der Waals surface area contributed by atoms with Crippen LogP contribution in [0.25, 0.3) is 0 Å². The Morgan fingerprint density at radius 3 is 2.37 bits per heavy atom. The predicted molar refractivity (Wildman–Crippen MR) is 67.9 cm³/mol. The monoisotopic (exact) mass is 264 g/mol. The van der Waals surface area contributed by atoms with Crippen molar-refractivity contribution >= 4 is 17.1 Å². The molecule has 1 heterocycles. The molecule has 0 unspecified atom stereocenters. The van der Waals surface area contributed by atoms with Crippen molar-refractivity contribution in [1.82, 2.24) is 0 Å². The van der Waals surface area contributed by atoms with E-state index in [9.17, 15) is 13.2 Å². The van der Waals surface area contributed by atoms with Gasteiger partial charge < -0.3 is 10.6 Å². The van der Waals surface area contributed by atoms with E-state index in [1.54, 1.807) is 6.07 Å². The van der Waals surface area contributed by atoms with Crippen molar-refractivity contribution in [2.45, 2.75) is 6.42 Å². The molecule has 0 saturated carbocycles. The van der Waals surface area contributed by atoms with Crippen molar-refractivity contribution in [3.63, 3.8) is 0 Å². The zero-order chi connectivity index (χ0) is 13.6. The van der Waals surface area contributed by atoms with Crippen molar-refractivity contribution in [3.05, 3.63) is 53.3 Å². The van der Waals surface area contributed by atoms with E-state index in [0.717, 1.165) is 17.7 Å². The van der Waals surface area contributed by atoms with Crippen LogP contribution in [0.2, 0.25) is 0 Å². The van der Waals surface area contributed by atoms with Gasteiger partial charge >= 0.3 is 0 Å². The van der Waals surface area contributed by atoms with Crippen LogP contribution in [0.1, 0.15) is 5.56 Å². The molecule has 5 heteroatoms. The maximum atomic E-state index is 13.9. The van der Waals surface area contributed by atoms with E-state index >= 15 is 0 Å². The summed E-state index contributed by atoms with van der Waals surface area (Å²) in [4.78, 5) is 1.45. The number of benzene rings is 2. The smallest absolute Gasteiger partial charge is 0.151 e. The molecule has 1 aliphatic rings. The quantitative estimate of drug-likeness (QED) is 0.800. The highest BCUT2D eigenvalue weighted by molar-refractivity contribution is 5.71. The van der Waals surface area contributed by atoms with Crippen LogP contribution in [0, 0.1) is 17.5 Å². The summed E-state index contributed by atoms with van der Waals surface area (Å²) < 4.78 is 41.1. The zero-order valence-corrected chi connectivity index (χ0v) is 9.96. The van der Waals surface area contributed by atoms with Crippen LogP contribution >= 0.6 is 0 Å². The molecule has 2 N–H and O–H groups in total. The average Bonchev–Trinajstić information content (AvgIpc) is 2.71. The summed E-state index contributed by atoms with van der Waals surface area (Å²) in [6.07, 6.45) is 0.624. The van der Waals surface area contributed by atoms with Crippen molar-refractivity contribution in [1.29, 1.82) is 0 Å². The molecule has 19 heavy (non-hydrogen) atoms. The molecule has 2 aromatic rings. The lowest BCUT2D eigenvalue weighted by atomic mass is 10.1. The predicted octanol–water partition coefficient (Wildman–Crippen LogP) is 3.38. The summed E-state index contributed by atoms with van der Waals surface area (Å²) >= 11 is 0. The lowest BCUT2D eigenvalue weighted by Crippen LogP contribution is -2.17. The van der Waals surface area contributed by atoms with Gasteiger partial charge in [-0.2, -0.15) is 0 Å². The Bertz CT molecular complexity index is 632. The number of halogens is 3. The van der Waals surface area contributed by atoms with Crippen LogP contribution in [0.5, 0.6) is 0 Å². The second-order valence-electron chi connectivity index (χ2n) is 4.51. The van der Waals surface area contributed by atoms with Gasteiger partial charge in [0, 0.05) is 17.9 Å². The van der Waals surface area contributed by atoms with Gasteiger partial charge in [0.15, 0.2) is 11.6 Å². The molecule has 2 aromatic carbocycles. The summed E-state index contributed by atoms with van der Waals surface area (Å²) in [5.74, 6) is -1.91. The lowest BCUT2D eigenvalue weighted by Gasteiger charge is -2.21. The number of nitrogens with zero attached hydrogens (tertiary/aromatic N) is 1. The van der Waals surface area contributed by atoms with Crippen LogP contribution in [0.4, 0.5) is 30.2 Å². The Balaban J connectivity index is 2.14. The van der Waals surface area contributed by atoms with Crippen molar-refractivity contribution in [2.24, 2.45) is 0 Å². The molecule has 0 bridgehead atoms. The van der Waals surface area contributed by atoms with Crippen LogP contribution in [-0.2, 0) is 6.42 Å². The van der Waals surface area contributed by atoms with Gasteiger partial charge in [-0.05, 0) is 36.2 Å². The molecule has 0 amide bonds. The third-order valence-corrected chi connectivity index (χ3v) is 3.25. The molecule has 3 rings (SSSR count). The largest absolute Gasteiger partial charge is 0.399 e. The molecule has 0 fully saturated rings. The number of anilines is 3. The highest BCUT2D eigenvalue weighted by Gasteiger charge is 2.26. The van der Waals surface area contributed by atoms with Crippen LogP contribution in [0.15, 0.2) is 30.3 Å². The molecule has 1 aliphatic heterocycles. The fourth-order valence-corrected chi connectivity index (χ4v) is 2.43. The van der Waals surface area contributed by atoms with Gasteiger partial charge in [0.05, 0.1) is 0 Å². The summed E-state index contributed by atoms with van der Waals surface area (Å²) in [5.41, 5.74) is 6.61. The summed E-state index contributed by atoms with van der Waals surface area (Å²) in [6, 6.07) is 6.40. The van der Waals surface area contributed by atoms with Gasteiger partial charge in [-0.15, -0.1) is 0 Å². The summed E-state index contributed by atoms with van der Waals surface area (Å²) in [7, 11) is 0. The molecule has 98 valence electrons. The van der Waals surface area contributed by atoms with Crippen molar-refractivity contribution in [2.75, 3.05) is 17.2 Å². The molecular weight excluding hydrogens is 253 g/mol. The molecule has 0 aromatic heterocycles. The first kappa shape index (κ1) is 11.9. The molecule has 0 radical (unpaired) electrons. The van der Waals surface area contributed by atoms with Gasteiger partial charge in [-0.1, -0.05) is 6.07 Å².